The zero-order valence-electron chi connectivity index (χ0n) is 60.2. The SMILES string of the molecule is Cc1sc(C)c2c1SCC(C)S2.Cc1sc(C)c2c1SCC(Oc1ccccc1)S2.Cc1sc(C)c2c1SCC(Oc1cccnc1)S2.Cc1sc(C)c2c1SCC(Sc1ccccc1)S2.Cc1sc(C)c2c1SCC(c1cccc3ccccc13)S2.Cc1sc(C)c2c1SCC(c1ccccc1)S2. The average molecular weight is 1720 g/mol. The fraction of sp³-hybridized carbons (Fsp3) is 0.305. The third kappa shape index (κ3) is 20.0. The lowest BCUT2D eigenvalue weighted by molar-refractivity contribution is 0.309. The van der Waals surface area contributed by atoms with E-state index in [2.05, 4.69) is 222 Å². The molecule has 0 fully saturated rings. The highest BCUT2D eigenvalue weighted by Crippen LogP contribution is 2.57. The van der Waals surface area contributed by atoms with Crippen molar-refractivity contribution in [1.29, 1.82) is 0 Å². The van der Waals surface area contributed by atoms with Crippen LogP contribution in [0.4, 0.5) is 0 Å². The molecule has 6 aliphatic rings. The number of nitrogens with zero attached hydrogens (tertiary/aromatic N) is 1. The molecule has 542 valence electrons. The van der Waals surface area contributed by atoms with Crippen LogP contribution in [0, 0.1) is 83.1 Å². The predicted octanol–water partition coefficient (Wildman–Crippen LogP) is 30.7. The molecule has 13 heterocycles. The van der Waals surface area contributed by atoms with E-state index in [4.69, 9.17) is 9.47 Å². The van der Waals surface area contributed by atoms with Gasteiger partial charge in [-0.05, 0) is 141 Å². The summed E-state index contributed by atoms with van der Waals surface area (Å²) in [4.78, 5) is 41.1. The van der Waals surface area contributed by atoms with Gasteiger partial charge < -0.3 is 9.47 Å². The first-order valence-electron chi connectivity index (χ1n) is 34.3. The van der Waals surface area contributed by atoms with E-state index in [1.165, 1.54) is 157 Å². The van der Waals surface area contributed by atoms with E-state index < -0.39 is 0 Å². The number of aromatic nitrogens is 1. The van der Waals surface area contributed by atoms with Gasteiger partial charge in [0.15, 0.2) is 10.9 Å². The standard InChI is InChI=1S/C18H16S3.C14H14OS3.C14H14S4.C14H14S3.C13H13NOS3.C9H12S3/c1-11-17-18(12(2)20-11)21-16(10-19-17)15-9-5-7-13-6-3-4-8-14(13)15;1-9-13-14(10(2)17-9)18-12(8-16-13)15-11-6-4-3-5-7-11;1-9-13-14(10(2)16-9)18-12(8-15-13)17-11-6-4-3-5-7-11;1-9-13-14(10(2)16-9)17-12(8-15-13)11-6-4-3-5-7-11;1-8-12-13(9(2)17-8)18-11(7-16-12)15-10-4-3-5-14-6-10;1-5-4-10-8-6(2)12-7(3)9(8)11-5/h3-9,16H,10H2,1-2H3;2*3-7,12H,8H2,1-2H3;3-7,12H,8H2,1-2H3;3-6,11H,7H2,1-2H3;5H,4H2,1-3H3. The van der Waals surface area contributed by atoms with E-state index in [0.717, 1.165) is 28.3 Å². The molecular formula is C82H83NO2S19. The van der Waals surface area contributed by atoms with Crippen molar-refractivity contribution in [2.75, 3.05) is 34.5 Å². The summed E-state index contributed by atoms with van der Waals surface area (Å²) in [6, 6.07) is 51.0. The number of thioether (sulfide) groups is 13. The monoisotopic (exact) mass is 1720 g/mol. The smallest absolute Gasteiger partial charge is 0.158 e. The highest BCUT2D eigenvalue weighted by molar-refractivity contribution is 8.19. The summed E-state index contributed by atoms with van der Waals surface area (Å²) in [5, 5.41) is 4.72. The number of para-hydroxylation sites is 1. The molecule has 0 N–H and O–H groups in total. The van der Waals surface area contributed by atoms with Crippen LogP contribution in [0.2, 0.25) is 0 Å². The number of pyridine rings is 1. The van der Waals surface area contributed by atoms with Gasteiger partial charge in [-0.25, -0.2) is 0 Å². The molecule has 6 unspecified atom stereocenters. The van der Waals surface area contributed by atoms with Crippen molar-refractivity contribution in [3.8, 4) is 11.5 Å². The van der Waals surface area contributed by atoms with Crippen LogP contribution >= 0.6 is 221 Å². The molecule has 18 rings (SSSR count). The molecule has 3 nitrogen and oxygen atoms in total. The van der Waals surface area contributed by atoms with E-state index in [0.29, 0.717) is 15.1 Å². The molecule has 0 saturated carbocycles. The first kappa shape index (κ1) is 79.9. The summed E-state index contributed by atoms with van der Waals surface area (Å²) in [7, 11) is 0. The Morgan fingerprint density at radius 2 is 0.712 bits per heavy atom. The van der Waals surface area contributed by atoms with Gasteiger partial charge >= 0.3 is 0 Å². The van der Waals surface area contributed by atoms with Gasteiger partial charge in [-0.3, -0.25) is 4.98 Å². The van der Waals surface area contributed by atoms with E-state index in [1.807, 2.05) is 240 Å². The van der Waals surface area contributed by atoms with Gasteiger partial charge in [0, 0.05) is 179 Å². The maximum atomic E-state index is 6.02. The van der Waals surface area contributed by atoms with Crippen molar-refractivity contribution >= 4 is 232 Å². The maximum Gasteiger partial charge on any atom is 0.158 e. The summed E-state index contributed by atoms with van der Waals surface area (Å²) in [6.45, 7) is 29.1. The number of thiophene rings is 6. The number of benzene rings is 5. The van der Waals surface area contributed by atoms with Crippen molar-refractivity contribution < 1.29 is 9.47 Å². The Balaban J connectivity index is 0.000000112. The summed E-state index contributed by atoms with van der Waals surface area (Å²) in [5.74, 6) is 8.66. The molecule has 0 bridgehead atoms. The molecule has 0 aliphatic carbocycles. The molecule has 22 heteroatoms. The minimum absolute atomic E-state index is 0.180. The molecule has 6 aliphatic heterocycles. The second-order valence-electron chi connectivity index (χ2n) is 25.0. The Bertz CT molecular complexity index is 4600. The Morgan fingerprint density at radius 3 is 1.23 bits per heavy atom. The molecular weight excluding hydrogens is 1640 g/mol. The highest BCUT2D eigenvalue weighted by atomic mass is 32.2. The number of hydrogen-bond acceptors (Lipinski definition) is 22. The van der Waals surface area contributed by atoms with Gasteiger partial charge in [-0.15, -0.1) is 197 Å². The molecule has 104 heavy (non-hydrogen) atoms. The van der Waals surface area contributed by atoms with Crippen molar-refractivity contribution in [3.05, 3.63) is 228 Å². The van der Waals surface area contributed by atoms with Crippen LogP contribution in [-0.4, -0.2) is 60.2 Å². The first-order chi connectivity index (χ1) is 50.4. The van der Waals surface area contributed by atoms with Gasteiger partial charge in [0.1, 0.15) is 11.5 Å². The lowest BCUT2D eigenvalue weighted by atomic mass is 10.0. The number of rotatable bonds is 8. The van der Waals surface area contributed by atoms with Crippen molar-refractivity contribution in [2.24, 2.45) is 0 Å². The fourth-order valence-corrected chi connectivity index (χ4v) is 38.9. The lowest BCUT2D eigenvalue weighted by Gasteiger charge is -2.24. The second kappa shape index (κ2) is 37.9. The maximum absolute atomic E-state index is 6.02. The third-order valence-corrected chi connectivity index (χ3v) is 44.4. The molecule has 6 atom stereocenters. The summed E-state index contributed by atoms with van der Waals surface area (Å²) in [5.41, 5.74) is 3.34. The minimum Gasteiger partial charge on any atom is -0.479 e. The van der Waals surface area contributed by atoms with E-state index >= 15 is 0 Å². The molecule has 7 aromatic heterocycles. The lowest BCUT2D eigenvalue weighted by Crippen LogP contribution is -2.18. The molecule has 12 aromatic rings. The highest BCUT2D eigenvalue weighted by Gasteiger charge is 2.32. The molecule has 0 spiro atoms. The summed E-state index contributed by atoms with van der Waals surface area (Å²) < 4.78 is 12.6. The molecule has 5 aromatic carbocycles. The quantitative estimate of drug-likeness (QED) is 0.145. The van der Waals surface area contributed by atoms with Crippen LogP contribution in [-0.2, 0) is 0 Å². The van der Waals surface area contributed by atoms with Crippen molar-refractivity contribution in [3.63, 3.8) is 0 Å². The fourth-order valence-electron chi connectivity index (χ4n) is 12.3. The van der Waals surface area contributed by atoms with Crippen LogP contribution in [0.5, 0.6) is 11.5 Å². The summed E-state index contributed by atoms with van der Waals surface area (Å²) in [6.07, 6.45) is 3.53. The Morgan fingerprint density at radius 1 is 0.327 bits per heavy atom. The van der Waals surface area contributed by atoms with Crippen LogP contribution in [0.1, 0.15) is 87.1 Å². The summed E-state index contributed by atoms with van der Waals surface area (Å²) >= 11 is 37.4. The van der Waals surface area contributed by atoms with Gasteiger partial charge in [-0.2, -0.15) is 0 Å². The van der Waals surface area contributed by atoms with Gasteiger partial charge in [0.2, 0.25) is 0 Å². The Kier molecular flexibility index (Phi) is 29.1. The van der Waals surface area contributed by atoms with E-state index in [-0.39, 0.29) is 10.9 Å². The van der Waals surface area contributed by atoms with Gasteiger partial charge in [-0.1, -0.05) is 140 Å². The average Bonchev–Trinajstić information content (AvgIpc) is 1.36. The topological polar surface area (TPSA) is 31.4 Å². The van der Waals surface area contributed by atoms with E-state index in [9.17, 15) is 0 Å². The number of ether oxygens (including phenoxy) is 2. The molecule has 0 amide bonds. The Labute approximate surface area is 696 Å². The molecule has 0 saturated heterocycles. The van der Waals surface area contributed by atoms with Crippen LogP contribution < -0.4 is 9.47 Å². The van der Waals surface area contributed by atoms with Crippen molar-refractivity contribution in [2.45, 2.75) is 185 Å². The van der Waals surface area contributed by atoms with Crippen LogP contribution in [0.15, 0.2) is 222 Å². The van der Waals surface area contributed by atoms with Crippen LogP contribution in [0.3, 0.4) is 0 Å². The second-order valence-corrected chi connectivity index (χ2v) is 48.8. The number of aryl methyl sites for hydroxylation is 12. The van der Waals surface area contributed by atoms with Gasteiger partial charge in [0.25, 0.3) is 0 Å². The Hall–Kier alpha value is -2.14. The van der Waals surface area contributed by atoms with Gasteiger partial charge in [0.05, 0.1) is 10.8 Å². The normalized spacial score (nSPS) is 18.9. The number of fused-ring (bicyclic) bond motifs is 7. The zero-order chi connectivity index (χ0) is 72.5. The third-order valence-electron chi connectivity index (χ3n) is 17.1. The van der Waals surface area contributed by atoms with Crippen molar-refractivity contribution in [1.82, 2.24) is 4.98 Å². The largest absolute Gasteiger partial charge is 0.479 e. The minimum atomic E-state index is 0.180. The molecule has 0 radical (unpaired) electrons. The predicted molar refractivity (Wildman–Crippen MR) is 483 cm³/mol. The first-order valence-corrected chi connectivity index (χ1v) is 51.3. The van der Waals surface area contributed by atoms with Crippen LogP contribution in [0.25, 0.3) is 10.8 Å². The van der Waals surface area contributed by atoms with E-state index in [1.54, 1.807) is 22.2 Å². The number of hydrogen-bond donors (Lipinski definition) is 0. The zero-order valence-corrected chi connectivity index (χ0v) is 75.8.